The molecule has 0 N–H and O–H groups in total. The molecular weight excluding hydrogens is 249 g/mol. The van der Waals surface area contributed by atoms with Crippen molar-refractivity contribution in [3.63, 3.8) is 0 Å². The molecule has 1 aromatic rings. The van der Waals surface area contributed by atoms with E-state index in [0.29, 0.717) is 15.8 Å². The van der Waals surface area contributed by atoms with Crippen molar-refractivity contribution in [3.8, 4) is 5.75 Å². The summed E-state index contributed by atoms with van der Waals surface area (Å²) in [4.78, 5) is 13.0. The summed E-state index contributed by atoms with van der Waals surface area (Å²) in [6, 6.07) is 5.05. The quantitative estimate of drug-likeness (QED) is 0.838. The molecule has 5 heteroatoms. The Hall–Kier alpha value is -0.930. The van der Waals surface area contributed by atoms with Gasteiger partial charge in [-0.1, -0.05) is 29.3 Å². The smallest absolute Gasteiger partial charge is 0.262 e. The van der Waals surface area contributed by atoms with E-state index in [0.717, 1.165) is 0 Å². The van der Waals surface area contributed by atoms with Crippen molar-refractivity contribution >= 4 is 29.1 Å². The van der Waals surface area contributed by atoms with Crippen LogP contribution in [0.25, 0.3) is 0 Å². The lowest BCUT2D eigenvalue weighted by molar-refractivity contribution is -0.135. The number of nitrogens with zero attached hydrogens (tertiary/aromatic N) is 1. The van der Waals surface area contributed by atoms with Crippen molar-refractivity contribution in [3.05, 3.63) is 28.2 Å². The molecule has 16 heavy (non-hydrogen) atoms. The first-order valence-corrected chi connectivity index (χ1v) is 5.51. The van der Waals surface area contributed by atoms with Gasteiger partial charge in [-0.2, -0.15) is 0 Å². The van der Waals surface area contributed by atoms with Crippen molar-refractivity contribution in [2.24, 2.45) is 0 Å². The Labute approximate surface area is 105 Å². The second-order valence-corrected chi connectivity index (χ2v) is 4.33. The topological polar surface area (TPSA) is 29.5 Å². The first-order valence-electron chi connectivity index (χ1n) is 4.75. The maximum atomic E-state index is 11.6. The molecule has 1 aromatic carbocycles. The van der Waals surface area contributed by atoms with Gasteiger partial charge in [-0.3, -0.25) is 4.79 Å². The summed E-state index contributed by atoms with van der Waals surface area (Å²) in [6.45, 7) is 1.67. The standard InChI is InChI=1S/C11H13Cl2NO2/c1-7(11(15)14(2)3)16-9-6-4-5-8(12)10(9)13/h4-7H,1-3H3/t7-/m1/s1. The monoisotopic (exact) mass is 261 g/mol. The van der Waals surface area contributed by atoms with Crippen LogP contribution in [0.1, 0.15) is 6.92 Å². The van der Waals surface area contributed by atoms with E-state index in [4.69, 9.17) is 27.9 Å². The molecule has 0 saturated heterocycles. The fraction of sp³-hybridized carbons (Fsp3) is 0.364. The molecule has 0 aliphatic rings. The number of rotatable bonds is 3. The lowest BCUT2D eigenvalue weighted by Gasteiger charge is -2.19. The van der Waals surface area contributed by atoms with Crippen LogP contribution in [0.15, 0.2) is 18.2 Å². The number of hydrogen-bond acceptors (Lipinski definition) is 2. The van der Waals surface area contributed by atoms with Crippen LogP contribution in [0.4, 0.5) is 0 Å². The highest BCUT2D eigenvalue weighted by atomic mass is 35.5. The van der Waals surface area contributed by atoms with Crippen LogP contribution in [0.3, 0.4) is 0 Å². The molecule has 0 radical (unpaired) electrons. The summed E-state index contributed by atoms with van der Waals surface area (Å²) in [6.07, 6.45) is -0.592. The van der Waals surface area contributed by atoms with Crippen LogP contribution in [0, 0.1) is 0 Å². The molecule has 0 aromatic heterocycles. The molecule has 0 heterocycles. The Morgan fingerprint density at radius 1 is 1.38 bits per heavy atom. The van der Waals surface area contributed by atoms with Crippen molar-refractivity contribution < 1.29 is 9.53 Å². The van der Waals surface area contributed by atoms with Gasteiger partial charge in [0, 0.05) is 14.1 Å². The molecule has 0 unspecified atom stereocenters. The Morgan fingerprint density at radius 3 is 2.56 bits per heavy atom. The van der Waals surface area contributed by atoms with Crippen molar-refractivity contribution in [1.82, 2.24) is 4.90 Å². The zero-order valence-corrected chi connectivity index (χ0v) is 10.8. The molecule has 0 bridgehead atoms. The van der Waals surface area contributed by atoms with Gasteiger partial charge in [-0.05, 0) is 19.1 Å². The lowest BCUT2D eigenvalue weighted by Crippen LogP contribution is -2.35. The van der Waals surface area contributed by atoms with Gasteiger partial charge in [0.2, 0.25) is 0 Å². The molecule has 0 aliphatic heterocycles. The van der Waals surface area contributed by atoms with Gasteiger partial charge in [-0.15, -0.1) is 0 Å². The van der Waals surface area contributed by atoms with Crippen molar-refractivity contribution in [2.75, 3.05) is 14.1 Å². The molecule has 1 amide bonds. The zero-order chi connectivity index (χ0) is 12.3. The first kappa shape index (κ1) is 13.1. The summed E-state index contributed by atoms with van der Waals surface area (Å²) in [5.74, 6) is 0.285. The number of ether oxygens (including phenoxy) is 1. The van der Waals surface area contributed by atoms with Gasteiger partial charge in [0.1, 0.15) is 10.8 Å². The molecule has 0 saturated carbocycles. The van der Waals surface area contributed by atoms with E-state index in [1.54, 1.807) is 39.2 Å². The zero-order valence-electron chi connectivity index (χ0n) is 9.33. The van der Waals surface area contributed by atoms with E-state index in [1.807, 2.05) is 0 Å². The number of carbonyl (C=O) groups excluding carboxylic acids is 1. The van der Waals surface area contributed by atoms with E-state index in [9.17, 15) is 4.79 Å². The van der Waals surface area contributed by atoms with E-state index < -0.39 is 6.10 Å². The van der Waals surface area contributed by atoms with Crippen molar-refractivity contribution in [2.45, 2.75) is 13.0 Å². The largest absolute Gasteiger partial charge is 0.479 e. The van der Waals surface area contributed by atoms with Crippen LogP contribution in [0.5, 0.6) is 5.75 Å². The Bertz CT molecular complexity index is 394. The molecule has 1 rings (SSSR count). The van der Waals surface area contributed by atoms with Crippen molar-refractivity contribution in [1.29, 1.82) is 0 Å². The number of halogens is 2. The minimum atomic E-state index is -0.592. The molecule has 88 valence electrons. The second kappa shape index (κ2) is 5.41. The van der Waals surface area contributed by atoms with E-state index in [-0.39, 0.29) is 5.91 Å². The normalized spacial score (nSPS) is 12.1. The molecular formula is C11H13Cl2NO2. The molecule has 0 spiro atoms. The summed E-state index contributed by atoms with van der Waals surface area (Å²) >= 11 is 11.8. The highest BCUT2D eigenvalue weighted by Gasteiger charge is 2.18. The lowest BCUT2D eigenvalue weighted by atomic mass is 10.3. The van der Waals surface area contributed by atoms with Gasteiger partial charge in [-0.25, -0.2) is 0 Å². The first-order chi connectivity index (χ1) is 7.43. The fourth-order valence-electron chi connectivity index (χ4n) is 1.18. The molecule has 1 atom stereocenters. The highest BCUT2D eigenvalue weighted by molar-refractivity contribution is 6.42. The van der Waals surface area contributed by atoms with Crippen LogP contribution in [0.2, 0.25) is 10.0 Å². The van der Waals surface area contributed by atoms with Crippen LogP contribution in [-0.4, -0.2) is 31.0 Å². The maximum Gasteiger partial charge on any atom is 0.262 e. The number of likely N-dealkylation sites (N-methyl/N-ethyl adjacent to an activating group) is 1. The average molecular weight is 262 g/mol. The van der Waals surface area contributed by atoms with Gasteiger partial charge < -0.3 is 9.64 Å². The van der Waals surface area contributed by atoms with Gasteiger partial charge in [0.25, 0.3) is 5.91 Å². The Morgan fingerprint density at radius 2 is 2.00 bits per heavy atom. The Balaban J connectivity index is 2.81. The number of hydrogen-bond donors (Lipinski definition) is 0. The Kier molecular flexibility index (Phi) is 4.44. The van der Waals surface area contributed by atoms with E-state index in [2.05, 4.69) is 0 Å². The third-order valence-electron chi connectivity index (χ3n) is 2.01. The van der Waals surface area contributed by atoms with Crippen LogP contribution < -0.4 is 4.74 Å². The van der Waals surface area contributed by atoms with Gasteiger partial charge in [0.15, 0.2) is 6.10 Å². The average Bonchev–Trinajstić information content (AvgIpc) is 2.23. The van der Waals surface area contributed by atoms with E-state index >= 15 is 0 Å². The minimum Gasteiger partial charge on any atom is -0.479 e. The van der Waals surface area contributed by atoms with E-state index in [1.165, 1.54) is 4.90 Å². The van der Waals surface area contributed by atoms with Crippen LogP contribution in [-0.2, 0) is 4.79 Å². The highest BCUT2D eigenvalue weighted by Crippen LogP contribution is 2.32. The second-order valence-electron chi connectivity index (χ2n) is 3.54. The van der Waals surface area contributed by atoms with Gasteiger partial charge in [0.05, 0.1) is 5.02 Å². The molecule has 0 fully saturated rings. The SMILES string of the molecule is C[C@@H](Oc1cccc(Cl)c1Cl)C(=O)N(C)C. The predicted molar refractivity (Wildman–Crippen MR) is 65.2 cm³/mol. The fourth-order valence-corrected chi connectivity index (χ4v) is 1.52. The number of carbonyl (C=O) groups is 1. The van der Waals surface area contributed by atoms with Gasteiger partial charge >= 0.3 is 0 Å². The predicted octanol–water partition coefficient (Wildman–Crippen LogP) is 2.85. The minimum absolute atomic E-state index is 0.129. The summed E-state index contributed by atoms with van der Waals surface area (Å²) in [5, 5.41) is 0.728. The summed E-state index contributed by atoms with van der Waals surface area (Å²) < 4.78 is 5.44. The maximum absolute atomic E-state index is 11.6. The summed E-state index contributed by atoms with van der Waals surface area (Å²) in [5.41, 5.74) is 0. The number of amides is 1. The van der Waals surface area contributed by atoms with Crippen LogP contribution >= 0.6 is 23.2 Å². The summed E-state index contributed by atoms with van der Waals surface area (Å²) in [7, 11) is 3.34. The molecule has 3 nitrogen and oxygen atoms in total. The molecule has 0 aliphatic carbocycles. The third kappa shape index (κ3) is 3.03. The number of benzene rings is 1. The third-order valence-corrected chi connectivity index (χ3v) is 2.81.